The average molecular weight is 365 g/mol. The van der Waals surface area contributed by atoms with Crippen LogP contribution >= 0.6 is 0 Å². The highest BCUT2D eigenvalue weighted by Gasteiger charge is 2.24. The summed E-state index contributed by atoms with van der Waals surface area (Å²) in [4.78, 5) is 0.263. The zero-order valence-corrected chi connectivity index (χ0v) is 14.9. The fourth-order valence-corrected chi connectivity index (χ4v) is 4.44. The molecule has 0 atom stereocenters. The molecule has 0 saturated heterocycles. The van der Waals surface area contributed by atoms with E-state index in [9.17, 15) is 8.42 Å². The molecule has 1 N–H and O–H groups in total. The van der Waals surface area contributed by atoms with Gasteiger partial charge < -0.3 is 4.74 Å². The lowest BCUT2D eigenvalue weighted by Gasteiger charge is -2.20. The largest absolute Gasteiger partial charge is 0.493 e. The van der Waals surface area contributed by atoms with E-state index < -0.39 is 16.1 Å². The van der Waals surface area contributed by atoms with Crippen LogP contribution < -0.4 is 9.46 Å². The second-order valence-electron chi connectivity index (χ2n) is 6.24. The van der Waals surface area contributed by atoms with Crippen molar-refractivity contribution in [1.82, 2.24) is 4.72 Å². The molecule has 1 heterocycles. The first-order valence-corrected chi connectivity index (χ1v) is 10.00. The molecule has 0 unspecified atom stereocenters. The third-order valence-electron chi connectivity index (χ3n) is 4.51. The predicted molar refractivity (Wildman–Crippen MR) is 101 cm³/mol. The standard InChI is InChI=1S/C21H19NO3S/c23-26(24,19-11-12-20-18(15-19)13-14-25-20)22-21(16-7-3-1-4-8-16)17-9-5-2-6-10-17/h1-12,15,21-22H,13-14H2. The van der Waals surface area contributed by atoms with Crippen LogP contribution in [0.15, 0.2) is 83.8 Å². The van der Waals surface area contributed by atoms with Crippen LogP contribution in [0.3, 0.4) is 0 Å². The molecule has 0 amide bonds. The van der Waals surface area contributed by atoms with Gasteiger partial charge in [0.25, 0.3) is 0 Å². The number of fused-ring (bicyclic) bond motifs is 1. The summed E-state index contributed by atoms with van der Waals surface area (Å²) in [6.45, 7) is 0.600. The van der Waals surface area contributed by atoms with Crippen molar-refractivity contribution in [3.63, 3.8) is 0 Å². The van der Waals surface area contributed by atoms with Gasteiger partial charge in [-0.05, 0) is 34.9 Å². The molecule has 0 aliphatic carbocycles. The minimum absolute atomic E-state index is 0.263. The molecule has 3 aromatic rings. The second kappa shape index (κ2) is 6.94. The minimum Gasteiger partial charge on any atom is -0.493 e. The van der Waals surface area contributed by atoms with Crippen LogP contribution in [0.1, 0.15) is 22.7 Å². The van der Waals surface area contributed by atoms with E-state index in [4.69, 9.17) is 4.74 Å². The van der Waals surface area contributed by atoms with E-state index in [1.54, 1.807) is 18.2 Å². The number of hydrogen-bond acceptors (Lipinski definition) is 3. The highest BCUT2D eigenvalue weighted by molar-refractivity contribution is 7.89. The van der Waals surface area contributed by atoms with E-state index in [2.05, 4.69) is 4.72 Å². The van der Waals surface area contributed by atoms with Gasteiger partial charge in [0.05, 0.1) is 17.5 Å². The molecule has 132 valence electrons. The Kier molecular flexibility index (Phi) is 4.49. The van der Waals surface area contributed by atoms with Gasteiger partial charge in [-0.2, -0.15) is 4.72 Å². The van der Waals surface area contributed by atoms with Gasteiger partial charge in [-0.3, -0.25) is 0 Å². The van der Waals surface area contributed by atoms with Crippen LogP contribution in [0.4, 0.5) is 0 Å². The molecule has 5 heteroatoms. The van der Waals surface area contributed by atoms with E-state index in [0.29, 0.717) is 6.61 Å². The van der Waals surface area contributed by atoms with Gasteiger partial charge >= 0.3 is 0 Å². The molecule has 4 rings (SSSR count). The normalized spacial score (nSPS) is 13.4. The van der Waals surface area contributed by atoms with Gasteiger partial charge in [-0.1, -0.05) is 60.7 Å². The number of ether oxygens (including phenoxy) is 1. The molecule has 0 aromatic heterocycles. The van der Waals surface area contributed by atoms with Crippen molar-refractivity contribution in [2.45, 2.75) is 17.4 Å². The predicted octanol–water partition coefficient (Wildman–Crippen LogP) is 3.69. The lowest BCUT2D eigenvalue weighted by Crippen LogP contribution is -2.29. The van der Waals surface area contributed by atoms with Crippen LogP contribution in [-0.4, -0.2) is 15.0 Å². The summed E-state index contributed by atoms with van der Waals surface area (Å²) in [5.41, 5.74) is 2.72. The molecular formula is C21H19NO3S. The van der Waals surface area contributed by atoms with Gasteiger partial charge in [0.15, 0.2) is 0 Å². The highest BCUT2D eigenvalue weighted by Crippen LogP contribution is 2.29. The maximum absolute atomic E-state index is 13.0. The first-order valence-electron chi connectivity index (χ1n) is 8.51. The summed E-state index contributed by atoms with van der Waals surface area (Å²) in [6, 6.07) is 23.8. The summed E-state index contributed by atoms with van der Waals surface area (Å²) < 4.78 is 34.4. The van der Waals surface area contributed by atoms with E-state index in [1.165, 1.54) is 0 Å². The smallest absolute Gasteiger partial charge is 0.241 e. The van der Waals surface area contributed by atoms with Gasteiger partial charge in [0.1, 0.15) is 5.75 Å². The number of nitrogens with one attached hydrogen (secondary N) is 1. The topological polar surface area (TPSA) is 55.4 Å². The van der Waals surface area contributed by atoms with E-state index in [-0.39, 0.29) is 4.90 Å². The zero-order chi connectivity index (χ0) is 18.0. The van der Waals surface area contributed by atoms with Crippen molar-refractivity contribution >= 4 is 10.0 Å². The fraction of sp³-hybridized carbons (Fsp3) is 0.143. The summed E-state index contributed by atoms with van der Waals surface area (Å²) in [6.07, 6.45) is 0.736. The Bertz CT molecular complexity index is 962. The molecule has 3 aromatic carbocycles. The Morgan fingerprint density at radius 3 is 2.08 bits per heavy atom. The first kappa shape index (κ1) is 16.8. The van der Waals surface area contributed by atoms with Crippen LogP contribution in [0.25, 0.3) is 0 Å². The van der Waals surface area contributed by atoms with Crippen LogP contribution in [0, 0.1) is 0 Å². The summed E-state index contributed by atoms with van der Waals surface area (Å²) in [5, 5.41) is 0. The molecule has 0 saturated carbocycles. The van der Waals surface area contributed by atoms with E-state index in [1.807, 2.05) is 60.7 Å². The summed E-state index contributed by atoms with van der Waals surface area (Å²) in [7, 11) is -3.68. The van der Waals surface area contributed by atoms with Crippen molar-refractivity contribution in [2.24, 2.45) is 0 Å². The average Bonchev–Trinajstić information content (AvgIpc) is 3.15. The van der Waals surface area contributed by atoms with Gasteiger partial charge in [-0.15, -0.1) is 0 Å². The Morgan fingerprint density at radius 1 is 0.846 bits per heavy atom. The Hall–Kier alpha value is -2.63. The highest BCUT2D eigenvalue weighted by atomic mass is 32.2. The van der Waals surface area contributed by atoms with Gasteiger partial charge in [-0.25, -0.2) is 8.42 Å². The number of benzene rings is 3. The number of hydrogen-bond donors (Lipinski definition) is 1. The molecule has 1 aliphatic rings. The Labute approximate surface area is 153 Å². The van der Waals surface area contributed by atoms with Crippen LogP contribution in [-0.2, 0) is 16.4 Å². The first-order chi connectivity index (χ1) is 12.6. The maximum Gasteiger partial charge on any atom is 0.241 e. The van der Waals surface area contributed by atoms with Crippen molar-refractivity contribution in [2.75, 3.05) is 6.61 Å². The lowest BCUT2D eigenvalue weighted by molar-refractivity contribution is 0.356. The third-order valence-corrected chi connectivity index (χ3v) is 5.93. The third kappa shape index (κ3) is 3.36. The Morgan fingerprint density at radius 2 is 1.46 bits per heavy atom. The Balaban J connectivity index is 1.71. The second-order valence-corrected chi connectivity index (χ2v) is 7.96. The molecule has 0 spiro atoms. The van der Waals surface area contributed by atoms with Crippen LogP contribution in [0.5, 0.6) is 5.75 Å². The molecule has 0 bridgehead atoms. The molecule has 0 fully saturated rings. The van der Waals surface area contributed by atoms with Crippen molar-refractivity contribution in [3.8, 4) is 5.75 Å². The van der Waals surface area contributed by atoms with Crippen molar-refractivity contribution < 1.29 is 13.2 Å². The van der Waals surface area contributed by atoms with Crippen molar-refractivity contribution in [3.05, 3.63) is 95.6 Å². The maximum atomic E-state index is 13.0. The number of rotatable bonds is 5. The monoisotopic (exact) mass is 365 g/mol. The zero-order valence-electron chi connectivity index (χ0n) is 14.1. The lowest BCUT2D eigenvalue weighted by atomic mass is 10.00. The summed E-state index contributed by atoms with van der Waals surface area (Å²) >= 11 is 0. The van der Waals surface area contributed by atoms with E-state index >= 15 is 0 Å². The van der Waals surface area contributed by atoms with E-state index in [0.717, 1.165) is 28.9 Å². The van der Waals surface area contributed by atoms with Gasteiger partial charge in [0, 0.05) is 6.42 Å². The molecule has 1 aliphatic heterocycles. The number of sulfonamides is 1. The molecule has 4 nitrogen and oxygen atoms in total. The molecule has 26 heavy (non-hydrogen) atoms. The fourth-order valence-electron chi connectivity index (χ4n) is 3.17. The van der Waals surface area contributed by atoms with Gasteiger partial charge in [0.2, 0.25) is 10.0 Å². The molecule has 0 radical (unpaired) electrons. The van der Waals surface area contributed by atoms with Crippen LogP contribution in [0.2, 0.25) is 0 Å². The quantitative estimate of drug-likeness (QED) is 0.750. The SMILES string of the molecule is O=S(=O)(NC(c1ccccc1)c1ccccc1)c1ccc2c(c1)CCO2. The molecular weight excluding hydrogens is 346 g/mol. The summed E-state index contributed by atoms with van der Waals surface area (Å²) in [5.74, 6) is 0.770. The van der Waals surface area contributed by atoms with Crippen molar-refractivity contribution in [1.29, 1.82) is 0 Å². The minimum atomic E-state index is -3.68.